The maximum Gasteiger partial charge on any atom is 0.214 e. The van der Waals surface area contributed by atoms with Gasteiger partial charge in [0, 0.05) is 6.54 Å². The van der Waals surface area contributed by atoms with Crippen molar-refractivity contribution in [1.82, 2.24) is 4.72 Å². The van der Waals surface area contributed by atoms with E-state index in [9.17, 15) is 8.42 Å². The van der Waals surface area contributed by atoms with Crippen LogP contribution in [0.15, 0.2) is 35.9 Å². The molecule has 0 unspecified atom stereocenters. The topological polar surface area (TPSA) is 81.4 Å². The molecule has 0 aliphatic heterocycles. The number of hydrogen-bond acceptors (Lipinski definition) is 4. The normalized spacial score (nSPS) is 15.0. The third kappa shape index (κ3) is 5.40. The maximum atomic E-state index is 11.8. The summed E-state index contributed by atoms with van der Waals surface area (Å²) in [6.07, 6.45) is 6.41. The molecule has 3 N–H and O–H groups in total. The fourth-order valence-corrected chi connectivity index (χ4v) is 3.14. The second-order valence-electron chi connectivity index (χ2n) is 5.10. The molecule has 5 nitrogen and oxygen atoms in total. The molecule has 0 aromatic heterocycles. The second kappa shape index (κ2) is 7.47. The number of rotatable bonds is 8. The van der Waals surface area contributed by atoms with Gasteiger partial charge in [-0.3, -0.25) is 0 Å². The van der Waals surface area contributed by atoms with E-state index in [-0.39, 0.29) is 12.4 Å². The van der Waals surface area contributed by atoms with Gasteiger partial charge in [-0.1, -0.05) is 23.8 Å². The molecule has 21 heavy (non-hydrogen) atoms. The van der Waals surface area contributed by atoms with E-state index in [1.54, 1.807) is 24.3 Å². The Morgan fingerprint density at radius 1 is 1.29 bits per heavy atom. The number of benzene rings is 1. The molecule has 0 heterocycles. The van der Waals surface area contributed by atoms with E-state index in [2.05, 4.69) is 10.8 Å². The van der Waals surface area contributed by atoms with E-state index in [1.807, 2.05) is 0 Å². The molecular weight excluding hydrogens is 288 g/mol. The van der Waals surface area contributed by atoms with Gasteiger partial charge in [-0.05, 0) is 37.8 Å². The van der Waals surface area contributed by atoms with Gasteiger partial charge in [0.2, 0.25) is 10.0 Å². The predicted molar refractivity (Wildman–Crippen MR) is 84.7 cm³/mol. The fourth-order valence-electron chi connectivity index (χ4n) is 2.28. The molecule has 0 saturated carbocycles. The van der Waals surface area contributed by atoms with Crippen LogP contribution in [0, 0.1) is 0 Å². The summed E-state index contributed by atoms with van der Waals surface area (Å²) in [5, 5.41) is 0. The molecule has 116 valence electrons. The van der Waals surface area contributed by atoms with Crippen molar-refractivity contribution in [2.24, 2.45) is 0 Å². The molecule has 0 amide bonds. The Balaban J connectivity index is 1.70. The molecule has 0 spiro atoms. The average Bonchev–Trinajstić information content (AvgIpc) is 2.94. The summed E-state index contributed by atoms with van der Waals surface area (Å²) in [6, 6.07) is 7.05. The summed E-state index contributed by atoms with van der Waals surface area (Å²) in [7, 11) is -3.30. The lowest BCUT2D eigenvalue weighted by atomic mass is 10.2. The number of anilines is 1. The average molecular weight is 310 g/mol. The Hall–Kier alpha value is -1.53. The molecule has 2 rings (SSSR count). The largest absolute Gasteiger partial charge is 0.490 e. The maximum absolute atomic E-state index is 11.8. The van der Waals surface area contributed by atoms with Gasteiger partial charge in [0.05, 0.1) is 11.4 Å². The first kappa shape index (κ1) is 15.9. The van der Waals surface area contributed by atoms with Crippen molar-refractivity contribution >= 4 is 15.7 Å². The summed E-state index contributed by atoms with van der Waals surface area (Å²) in [6.45, 7) is 0.549. The highest BCUT2D eigenvalue weighted by Crippen LogP contribution is 2.20. The van der Waals surface area contributed by atoms with Crippen molar-refractivity contribution < 1.29 is 13.2 Å². The van der Waals surface area contributed by atoms with Crippen LogP contribution in [0.1, 0.15) is 25.7 Å². The number of nitrogen functional groups attached to an aromatic ring is 1. The van der Waals surface area contributed by atoms with Gasteiger partial charge in [0.25, 0.3) is 0 Å². The SMILES string of the molecule is Nc1ccccc1OCCS(=O)(=O)NCCC1=CCCC1. The Morgan fingerprint density at radius 2 is 2.10 bits per heavy atom. The van der Waals surface area contributed by atoms with Gasteiger partial charge < -0.3 is 10.5 Å². The number of para-hydroxylation sites is 2. The minimum Gasteiger partial charge on any atom is -0.490 e. The smallest absolute Gasteiger partial charge is 0.214 e. The van der Waals surface area contributed by atoms with Crippen LogP contribution >= 0.6 is 0 Å². The Labute approximate surface area is 126 Å². The van der Waals surface area contributed by atoms with Crippen LogP contribution < -0.4 is 15.2 Å². The molecule has 1 aromatic rings. The molecule has 1 aliphatic rings. The van der Waals surface area contributed by atoms with Crippen LogP contribution in [0.5, 0.6) is 5.75 Å². The summed E-state index contributed by atoms with van der Waals surface area (Å²) < 4.78 is 31.7. The Bertz CT molecular complexity index is 597. The zero-order valence-electron chi connectivity index (χ0n) is 12.0. The molecule has 0 radical (unpaired) electrons. The van der Waals surface area contributed by atoms with Gasteiger partial charge >= 0.3 is 0 Å². The minimum atomic E-state index is -3.30. The highest BCUT2D eigenvalue weighted by atomic mass is 32.2. The lowest BCUT2D eigenvalue weighted by molar-refractivity contribution is 0.342. The van der Waals surface area contributed by atoms with Gasteiger partial charge in [-0.2, -0.15) is 0 Å². The number of ether oxygens (including phenoxy) is 1. The predicted octanol–water partition coefficient (Wildman–Crippen LogP) is 2.07. The standard InChI is InChI=1S/C15H22N2O3S/c16-14-7-3-4-8-15(14)20-11-12-21(18,19)17-10-9-13-5-1-2-6-13/h3-5,7-8,17H,1-2,6,9-12,16H2. The van der Waals surface area contributed by atoms with E-state index in [0.29, 0.717) is 18.0 Å². The van der Waals surface area contributed by atoms with Crippen molar-refractivity contribution in [3.8, 4) is 5.75 Å². The highest BCUT2D eigenvalue weighted by molar-refractivity contribution is 7.89. The number of nitrogens with one attached hydrogen (secondary N) is 1. The van der Waals surface area contributed by atoms with Crippen LogP contribution in [0.4, 0.5) is 5.69 Å². The number of allylic oxidation sites excluding steroid dienone is 1. The first-order valence-corrected chi connectivity index (χ1v) is 8.84. The third-order valence-corrected chi connectivity index (χ3v) is 4.78. The molecule has 0 bridgehead atoms. The van der Waals surface area contributed by atoms with Gasteiger partial charge in [0.15, 0.2) is 0 Å². The van der Waals surface area contributed by atoms with E-state index < -0.39 is 10.0 Å². The van der Waals surface area contributed by atoms with Gasteiger partial charge in [0.1, 0.15) is 12.4 Å². The minimum absolute atomic E-state index is 0.0691. The number of sulfonamides is 1. The molecule has 0 fully saturated rings. The third-order valence-electron chi connectivity index (χ3n) is 3.43. The first-order chi connectivity index (χ1) is 10.1. The van der Waals surface area contributed by atoms with Crippen LogP contribution in [-0.2, 0) is 10.0 Å². The number of hydrogen-bond donors (Lipinski definition) is 2. The van der Waals surface area contributed by atoms with Crippen LogP contribution in [0.25, 0.3) is 0 Å². The van der Waals surface area contributed by atoms with E-state index in [4.69, 9.17) is 10.5 Å². The van der Waals surface area contributed by atoms with Crippen LogP contribution in [0.2, 0.25) is 0 Å². The first-order valence-electron chi connectivity index (χ1n) is 7.19. The lowest BCUT2D eigenvalue weighted by Crippen LogP contribution is -2.30. The second-order valence-corrected chi connectivity index (χ2v) is 7.03. The lowest BCUT2D eigenvalue weighted by Gasteiger charge is -2.10. The van der Waals surface area contributed by atoms with Gasteiger partial charge in [-0.25, -0.2) is 13.1 Å². The summed E-state index contributed by atoms with van der Waals surface area (Å²) in [4.78, 5) is 0. The number of nitrogens with two attached hydrogens (primary N) is 1. The van der Waals surface area contributed by atoms with Crippen molar-refractivity contribution in [3.63, 3.8) is 0 Å². The summed E-state index contributed by atoms with van der Waals surface area (Å²) in [5.41, 5.74) is 7.59. The molecule has 1 aromatic carbocycles. The molecule has 6 heteroatoms. The molecule has 0 saturated heterocycles. The van der Waals surface area contributed by atoms with E-state index >= 15 is 0 Å². The van der Waals surface area contributed by atoms with E-state index in [1.165, 1.54) is 12.0 Å². The van der Waals surface area contributed by atoms with Crippen LogP contribution in [0.3, 0.4) is 0 Å². The highest BCUT2D eigenvalue weighted by Gasteiger charge is 2.11. The fraction of sp³-hybridized carbons (Fsp3) is 0.467. The van der Waals surface area contributed by atoms with Crippen LogP contribution in [-0.4, -0.2) is 27.3 Å². The van der Waals surface area contributed by atoms with Crippen molar-refractivity contribution in [3.05, 3.63) is 35.9 Å². The zero-order valence-corrected chi connectivity index (χ0v) is 12.9. The molecule has 0 atom stereocenters. The van der Waals surface area contributed by atoms with E-state index in [0.717, 1.165) is 19.3 Å². The summed E-state index contributed by atoms with van der Waals surface area (Å²) in [5.74, 6) is 0.448. The summed E-state index contributed by atoms with van der Waals surface area (Å²) >= 11 is 0. The zero-order chi connectivity index (χ0) is 15.1. The quantitative estimate of drug-likeness (QED) is 0.569. The van der Waals surface area contributed by atoms with Gasteiger partial charge in [-0.15, -0.1) is 0 Å². The van der Waals surface area contributed by atoms with Crippen molar-refractivity contribution in [2.45, 2.75) is 25.7 Å². The van der Waals surface area contributed by atoms with Crippen molar-refractivity contribution in [1.29, 1.82) is 0 Å². The van der Waals surface area contributed by atoms with Crippen molar-refractivity contribution in [2.75, 3.05) is 24.6 Å². The Kier molecular flexibility index (Phi) is 5.64. The monoisotopic (exact) mass is 310 g/mol. The Morgan fingerprint density at radius 3 is 2.81 bits per heavy atom. The molecular formula is C15H22N2O3S. The molecule has 1 aliphatic carbocycles.